The highest BCUT2D eigenvalue weighted by Crippen LogP contribution is 2.35. The monoisotopic (exact) mass is 268 g/mol. The van der Waals surface area contributed by atoms with E-state index < -0.39 is 0 Å². The lowest BCUT2D eigenvalue weighted by Crippen LogP contribution is -2.14. The van der Waals surface area contributed by atoms with Crippen LogP contribution < -0.4 is 11.3 Å². The molecule has 3 rings (SSSR count). The molecule has 0 spiro atoms. The van der Waals surface area contributed by atoms with E-state index in [0.29, 0.717) is 16.9 Å². The predicted molar refractivity (Wildman–Crippen MR) is 74.8 cm³/mol. The summed E-state index contributed by atoms with van der Waals surface area (Å²) in [5, 5.41) is 3.79. The van der Waals surface area contributed by atoms with E-state index in [1.807, 2.05) is 6.07 Å². The number of aryl methyl sites for hydroxylation is 1. The minimum Gasteiger partial charge on any atom is -0.380 e. The van der Waals surface area contributed by atoms with Gasteiger partial charge >= 0.3 is 0 Å². The second-order valence-corrected chi connectivity index (χ2v) is 4.38. The Morgan fingerprint density at radius 1 is 1.30 bits per heavy atom. The van der Waals surface area contributed by atoms with Gasteiger partial charge in [0.05, 0.1) is 5.56 Å². The molecule has 0 amide bonds. The molecule has 0 unspecified atom stereocenters. The molecule has 6 heteroatoms. The Kier molecular flexibility index (Phi) is 2.83. The van der Waals surface area contributed by atoms with Crippen molar-refractivity contribution >= 4 is 5.82 Å². The van der Waals surface area contributed by atoms with Crippen LogP contribution in [-0.2, 0) is 7.05 Å². The topological polar surface area (TPSA) is 86.9 Å². The standard InChI is InChI=1S/C14H12N4O2/c1-18-6-4-9(7-11(18)19)13-12(14(15)17-20-13)10-3-2-5-16-8-10/h2-8H,1H3,(H2,15,17). The number of anilines is 1. The van der Waals surface area contributed by atoms with Crippen LogP contribution in [0.3, 0.4) is 0 Å². The third-order valence-electron chi connectivity index (χ3n) is 3.04. The molecule has 3 aromatic rings. The van der Waals surface area contributed by atoms with E-state index in [2.05, 4.69) is 10.1 Å². The van der Waals surface area contributed by atoms with Crippen LogP contribution in [0.1, 0.15) is 0 Å². The van der Waals surface area contributed by atoms with Crippen LogP contribution in [-0.4, -0.2) is 14.7 Å². The van der Waals surface area contributed by atoms with Crippen molar-refractivity contribution < 1.29 is 4.52 Å². The Labute approximate surface area is 114 Å². The average molecular weight is 268 g/mol. The molecule has 100 valence electrons. The molecular weight excluding hydrogens is 256 g/mol. The van der Waals surface area contributed by atoms with Gasteiger partial charge in [0.25, 0.3) is 5.56 Å². The van der Waals surface area contributed by atoms with Crippen LogP contribution in [0.15, 0.2) is 52.2 Å². The zero-order chi connectivity index (χ0) is 14.1. The summed E-state index contributed by atoms with van der Waals surface area (Å²) in [5.74, 6) is 0.738. The van der Waals surface area contributed by atoms with Crippen molar-refractivity contribution in [2.75, 3.05) is 5.73 Å². The molecule has 0 aliphatic rings. The van der Waals surface area contributed by atoms with Crippen molar-refractivity contribution in [3.8, 4) is 22.5 Å². The van der Waals surface area contributed by atoms with Gasteiger partial charge in [-0.15, -0.1) is 0 Å². The van der Waals surface area contributed by atoms with Crippen LogP contribution >= 0.6 is 0 Å². The van der Waals surface area contributed by atoms with Gasteiger partial charge < -0.3 is 14.8 Å². The first-order valence-electron chi connectivity index (χ1n) is 5.99. The zero-order valence-corrected chi connectivity index (χ0v) is 10.8. The maximum atomic E-state index is 11.7. The number of hydrogen-bond acceptors (Lipinski definition) is 5. The van der Waals surface area contributed by atoms with E-state index >= 15 is 0 Å². The maximum absolute atomic E-state index is 11.7. The van der Waals surface area contributed by atoms with E-state index in [0.717, 1.165) is 5.56 Å². The van der Waals surface area contributed by atoms with Gasteiger partial charge in [0, 0.05) is 42.8 Å². The van der Waals surface area contributed by atoms with Crippen molar-refractivity contribution in [2.24, 2.45) is 7.05 Å². The first kappa shape index (κ1) is 12.2. The third kappa shape index (κ3) is 1.97. The summed E-state index contributed by atoms with van der Waals surface area (Å²) in [6.45, 7) is 0. The van der Waals surface area contributed by atoms with E-state index in [9.17, 15) is 4.79 Å². The number of rotatable bonds is 2. The van der Waals surface area contributed by atoms with Crippen LogP contribution in [0.5, 0.6) is 0 Å². The van der Waals surface area contributed by atoms with Crippen LogP contribution in [0.2, 0.25) is 0 Å². The first-order valence-corrected chi connectivity index (χ1v) is 5.99. The summed E-state index contributed by atoms with van der Waals surface area (Å²) < 4.78 is 6.76. The van der Waals surface area contributed by atoms with E-state index in [-0.39, 0.29) is 11.4 Å². The largest absolute Gasteiger partial charge is 0.380 e. The number of pyridine rings is 2. The quantitative estimate of drug-likeness (QED) is 0.764. The van der Waals surface area contributed by atoms with E-state index in [1.54, 1.807) is 37.8 Å². The molecule has 0 atom stereocenters. The van der Waals surface area contributed by atoms with Gasteiger partial charge in [-0.2, -0.15) is 0 Å². The normalized spacial score (nSPS) is 10.7. The van der Waals surface area contributed by atoms with Crippen LogP contribution in [0.4, 0.5) is 5.82 Å². The molecule has 3 heterocycles. The van der Waals surface area contributed by atoms with Crippen molar-refractivity contribution in [2.45, 2.75) is 0 Å². The highest BCUT2D eigenvalue weighted by molar-refractivity contribution is 5.85. The Morgan fingerprint density at radius 2 is 2.15 bits per heavy atom. The first-order chi connectivity index (χ1) is 9.66. The second-order valence-electron chi connectivity index (χ2n) is 4.38. The fourth-order valence-corrected chi connectivity index (χ4v) is 1.98. The molecule has 20 heavy (non-hydrogen) atoms. The lowest BCUT2D eigenvalue weighted by atomic mass is 10.0. The highest BCUT2D eigenvalue weighted by Gasteiger charge is 2.18. The molecule has 0 fully saturated rings. The van der Waals surface area contributed by atoms with Gasteiger partial charge in [-0.3, -0.25) is 9.78 Å². The Bertz CT molecular complexity index is 806. The predicted octanol–water partition coefficient (Wildman–Crippen LogP) is 1.68. The number of aromatic nitrogens is 3. The van der Waals surface area contributed by atoms with Gasteiger partial charge in [0.15, 0.2) is 11.6 Å². The lowest BCUT2D eigenvalue weighted by molar-refractivity contribution is 0.436. The van der Waals surface area contributed by atoms with Crippen molar-refractivity contribution in [3.05, 3.63) is 53.2 Å². The van der Waals surface area contributed by atoms with Crippen LogP contribution in [0.25, 0.3) is 22.5 Å². The molecule has 2 N–H and O–H groups in total. The summed E-state index contributed by atoms with van der Waals surface area (Å²) in [6, 6.07) is 6.93. The lowest BCUT2D eigenvalue weighted by Gasteiger charge is -2.03. The number of nitrogen functional groups attached to an aromatic ring is 1. The van der Waals surface area contributed by atoms with Gasteiger partial charge in [-0.1, -0.05) is 11.2 Å². The SMILES string of the molecule is Cn1ccc(-c2onc(N)c2-c2cccnc2)cc1=O. The molecule has 6 nitrogen and oxygen atoms in total. The van der Waals surface area contributed by atoms with Gasteiger partial charge in [0.1, 0.15) is 0 Å². The third-order valence-corrected chi connectivity index (χ3v) is 3.04. The Hall–Kier alpha value is -2.89. The molecule has 0 bridgehead atoms. The molecule has 0 aliphatic carbocycles. The number of nitrogens with two attached hydrogens (primary N) is 1. The highest BCUT2D eigenvalue weighted by atomic mass is 16.5. The summed E-state index contributed by atoms with van der Waals surface area (Å²) in [7, 11) is 1.68. The molecule has 0 saturated heterocycles. The molecule has 0 aromatic carbocycles. The van der Waals surface area contributed by atoms with Gasteiger partial charge in [-0.05, 0) is 12.1 Å². The molecule has 3 aromatic heterocycles. The number of hydrogen-bond donors (Lipinski definition) is 1. The smallest absolute Gasteiger partial charge is 0.250 e. The average Bonchev–Trinajstić information content (AvgIpc) is 2.85. The minimum atomic E-state index is -0.130. The molecule has 0 radical (unpaired) electrons. The zero-order valence-electron chi connectivity index (χ0n) is 10.8. The van der Waals surface area contributed by atoms with Gasteiger partial charge in [-0.25, -0.2) is 0 Å². The van der Waals surface area contributed by atoms with E-state index in [4.69, 9.17) is 10.3 Å². The summed E-state index contributed by atoms with van der Waals surface area (Å²) in [6.07, 6.45) is 5.02. The molecular formula is C14H12N4O2. The Balaban J connectivity index is 2.21. The second kappa shape index (κ2) is 4.65. The Morgan fingerprint density at radius 3 is 2.85 bits per heavy atom. The summed E-state index contributed by atoms with van der Waals surface area (Å²) >= 11 is 0. The minimum absolute atomic E-state index is 0.130. The number of nitrogens with zero attached hydrogens (tertiary/aromatic N) is 3. The van der Waals surface area contributed by atoms with Crippen molar-refractivity contribution in [1.82, 2.24) is 14.7 Å². The van der Waals surface area contributed by atoms with Crippen molar-refractivity contribution in [3.63, 3.8) is 0 Å². The fourth-order valence-electron chi connectivity index (χ4n) is 1.98. The molecule has 0 saturated carbocycles. The van der Waals surface area contributed by atoms with Gasteiger partial charge in [0.2, 0.25) is 0 Å². The van der Waals surface area contributed by atoms with Crippen molar-refractivity contribution in [1.29, 1.82) is 0 Å². The maximum Gasteiger partial charge on any atom is 0.250 e. The van der Waals surface area contributed by atoms with Crippen LogP contribution in [0, 0.1) is 0 Å². The summed E-state index contributed by atoms with van der Waals surface area (Å²) in [5.41, 5.74) is 7.81. The van der Waals surface area contributed by atoms with E-state index in [1.165, 1.54) is 10.6 Å². The summed E-state index contributed by atoms with van der Waals surface area (Å²) in [4.78, 5) is 15.8. The fraction of sp³-hybridized carbons (Fsp3) is 0.0714. The molecule has 0 aliphatic heterocycles.